The molecular weight excluding hydrogens is 521 g/mol. The van der Waals surface area contributed by atoms with E-state index in [0.717, 1.165) is 23.8 Å². The van der Waals surface area contributed by atoms with Gasteiger partial charge in [-0.15, -0.1) is 0 Å². The van der Waals surface area contributed by atoms with Gasteiger partial charge in [-0.05, 0) is 62.2 Å². The first kappa shape index (κ1) is 27.6. The van der Waals surface area contributed by atoms with Crippen molar-refractivity contribution in [3.8, 4) is 5.75 Å². The molecule has 0 spiro atoms. The summed E-state index contributed by atoms with van der Waals surface area (Å²) in [7, 11) is -4.51. The van der Waals surface area contributed by atoms with E-state index in [4.69, 9.17) is 4.74 Å². The van der Waals surface area contributed by atoms with Crippen molar-refractivity contribution in [2.75, 3.05) is 6.54 Å². The number of nitrogens with one attached hydrogen (secondary N) is 2. The molecule has 0 saturated carbocycles. The van der Waals surface area contributed by atoms with E-state index in [1.807, 2.05) is 30.3 Å². The summed E-state index contributed by atoms with van der Waals surface area (Å²) in [5.74, 6) is -0.180. The number of sulfonamides is 1. The molecule has 11 heteroatoms. The fourth-order valence-corrected chi connectivity index (χ4v) is 5.48. The van der Waals surface area contributed by atoms with E-state index < -0.39 is 50.3 Å². The van der Waals surface area contributed by atoms with Gasteiger partial charge in [0, 0.05) is 17.7 Å². The highest BCUT2D eigenvalue weighted by Crippen LogP contribution is 2.41. The third-order valence-corrected chi connectivity index (χ3v) is 7.74. The number of halogens is 3. The summed E-state index contributed by atoms with van der Waals surface area (Å²) in [5.41, 5.74) is -0.934. The van der Waals surface area contributed by atoms with Crippen LogP contribution in [0.4, 0.5) is 13.2 Å². The number of benzene rings is 3. The highest BCUT2D eigenvalue weighted by Gasteiger charge is 2.45. The van der Waals surface area contributed by atoms with Crippen LogP contribution < -0.4 is 14.8 Å². The second-order valence-corrected chi connectivity index (χ2v) is 11.2. The van der Waals surface area contributed by atoms with Gasteiger partial charge >= 0.3 is 6.18 Å². The SMILES string of the molecule is CC1(C)Oc2ccc(C(=O)NCCc3ccccc3)cc2[C@@H](NS(=O)(=O)c2cccc(C(F)(F)F)c2)[C@@H]1O. The first-order valence-corrected chi connectivity index (χ1v) is 13.3. The number of aliphatic hydroxyl groups excluding tert-OH is 1. The van der Waals surface area contributed by atoms with Gasteiger partial charge in [0.1, 0.15) is 17.5 Å². The monoisotopic (exact) mass is 548 g/mol. The molecule has 202 valence electrons. The molecule has 1 aliphatic heterocycles. The topological polar surface area (TPSA) is 105 Å². The lowest BCUT2D eigenvalue weighted by Crippen LogP contribution is -2.53. The molecule has 0 radical (unpaired) electrons. The summed E-state index contributed by atoms with van der Waals surface area (Å²) in [6.45, 7) is 3.46. The van der Waals surface area contributed by atoms with Crippen LogP contribution in [0, 0.1) is 0 Å². The number of hydrogen-bond donors (Lipinski definition) is 3. The predicted molar refractivity (Wildman–Crippen MR) is 134 cm³/mol. The normalized spacial score (nSPS) is 18.8. The second-order valence-electron chi connectivity index (χ2n) is 9.52. The van der Waals surface area contributed by atoms with Crippen LogP contribution in [0.1, 0.15) is 46.9 Å². The molecule has 38 heavy (non-hydrogen) atoms. The van der Waals surface area contributed by atoms with E-state index in [-0.39, 0.29) is 16.9 Å². The van der Waals surface area contributed by atoms with Crippen molar-refractivity contribution >= 4 is 15.9 Å². The van der Waals surface area contributed by atoms with Crippen molar-refractivity contribution < 1.29 is 36.2 Å². The summed E-state index contributed by atoms with van der Waals surface area (Å²) < 4.78 is 74.0. The molecule has 4 rings (SSSR count). The van der Waals surface area contributed by atoms with E-state index in [1.165, 1.54) is 18.2 Å². The minimum Gasteiger partial charge on any atom is -0.485 e. The number of alkyl halides is 3. The summed E-state index contributed by atoms with van der Waals surface area (Å²) >= 11 is 0. The molecule has 0 saturated heterocycles. The molecule has 3 N–H and O–H groups in total. The molecule has 0 unspecified atom stereocenters. The average Bonchev–Trinajstić information content (AvgIpc) is 2.86. The van der Waals surface area contributed by atoms with Crippen molar-refractivity contribution in [3.05, 3.63) is 95.1 Å². The molecule has 1 amide bonds. The van der Waals surface area contributed by atoms with E-state index in [0.29, 0.717) is 19.0 Å². The Hall–Kier alpha value is -3.41. The molecule has 3 aromatic carbocycles. The first-order valence-electron chi connectivity index (χ1n) is 11.8. The van der Waals surface area contributed by atoms with E-state index in [2.05, 4.69) is 10.0 Å². The maximum atomic E-state index is 13.2. The molecule has 0 aliphatic carbocycles. The van der Waals surface area contributed by atoms with Crippen LogP contribution in [-0.4, -0.2) is 37.7 Å². The summed E-state index contributed by atoms with van der Waals surface area (Å²) in [5, 5.41) is 13.8. The van der Waals surface area contributed by atoms with Gasteiger partial charge in [-0.3, -0.25) is 4.79 Å². The van der Waals surface area contributed by atoms with Crippen molar-refractivity contribution in [3.63, 3.8) is 0 Å². The maximum Gasteiger partial charge on any atom is 0.416 e. The summed E-state index contributed by atoms with van der Waals surface area (Å²) in [4.78, 5) is 12.2. The Morgan fingerprint density at radius 2 is 1.74 bits per heavy atom. The minimum atomic E-state index is -4.74. The lowest BCUT2D eigenvalue weighted by molar-refractivity contribution is -0.137. The van der Waals surface area contributed by atoms with E-state index >= 15 is 0 Å². The van der Waals surface area contributed by atoms with Crippen LogP contribution >= 0.6 is 0 Å². The maximum absolute atomic E-state index is 13.2. The Morgan fingerprint density at radius 3 is 2.42 bits per heavy atom. The van der Waals surface area contributed by atoms with E-state index in [1.54, 1.807) is 13.8 Å². The molecule has 7 nitrogen and oxygen atoms in total. The number of carbonyl (C=O) groups excluding carboxylic acids is 1. The summed E-state index contributed by atoms with van der Waals surface area (Å²) in [6, 6.07) is 16.0. The molecule has 2 atom stereocenters. The van der Waals surface area contributed by atoms with Crippen molar-refractivity contribution in [1.82, 2.24) is 10.0 Å². The third-order valence-electron chi connectivity index (χ3n) is 6.30. The lowest BCUT2D eigenvalue weighted by Gasteiger charge is -2.42. The van der Waals surface area contributed by atoms with Gasteiger partial charge in [0.25, 0.3) is 5.91 Å². The largest absolute Gasteiger partial charge is 0.485 e. The molecule has 3 aromatic rings. The summed E-state index contributed by atoms with van der Waals surface area (Å²) in [6.07, 6.45) is -5.56. The van der Waals surface area contributed by atoms with Crippen molar-refractivity contribution in [2.45, 2.75) is 49.1 Å². The van der Waals surface area contributed by atoms with Gasteiger partial charge in [-0.25, -0.2) is 13.1 Å². The number of hydrogen-bond acceptors (Lipinski definition) is 5. The van der Waals surface area contributed by atoms with Gasteiger partial charge in [-0.2, -0.15) is 13.2 Å². The Balaban J connectivity index is 1.61. The number of amides is 1. The second kappa shape index (κ2) is 10.4. The number of aliphatic hydroxyl groups is 1. The standard InChI is InChI=1S/C27H27F3N2O5S/c1-26(2)24(33)23(32-38(35,36)20-10-6-9-19(16-20)27(28,29)30)21-15-18(11-12-22(21)37-26)25(34)31-14-13-17-7-4-3-5-8-17/h3-12,15-16,23-24,32-33H,13-14H2,1-2H3,(H,31,34)/t23-,24+/m1/s1. The molecular formula is C27H27F3N2O5S. The lowest BCUT2D eigenvalue weighted by atomic mass is 9.86. The van der Waals surface area contributed by atoms with Crippen LogP contribution in [0.2, 0.25) is 0 Å². The zero-order chi connectivity index (χ0) is 27.7. The van der Waals surface area contributed by atoms with Gasteiger partial charge < -0.3 is 15.2 Å². The number of fused-ring (bicyclic) bond motifs is 1. The molecule has 1 heterocycles. The number of ether oxygens (including phenoxy) is 1. The van der Waals surface area contributed by atoms with Crippen LogP contribution in [-0.2, 0) is 22.6 Å². The average molecular weight is 549 g/mol. The molecule has 0 aromatic heterocycles. The van der Waals surface area contributed by atoms with Gasteiger partial charge in [-0.1, -0.05) is 36.4 Å². The number of rotatable bonds is 7. The smallest absolute Gasteiger partial charge is 0.416 e. The Bertz CT molecular complexity index is 1430. The number of carbonyl (C=O) groups is 1. The molecule has 0 fully saturated rings. The third kappa shape index (κ3) is 6.01. The minimum absolute atomic E-state index is 0.183. The zero-order valence-electron chi connectivity index (χ0n) is 20.6. The van der Waals surface area contributed by atoms with Crippen LogP contribution in [0.25, 0.3) is 0 Å². The zero-order valence-corrected chi connectivity index (χ0v) is 21.4. The Kier molecular flexibility index (Phi) is 7.55. The predicted octanol–water partition coefficient (Wildman–Crippen LogP) is 4.23. The highest BCUT2D eigenvalue weighted by atomic mass is 32.2. The van der Waals surface area contributed by atoms with Gasteiger partial charge in [0.05, 0.1) is 16.5 Å². The van der Waals surface area contributed by atoms with Gasteiger partial charge in [0.2, 0.25) is 10.0 Å². The molecule has 1 aliphatic rings. The van der Waals surface area contributed by atoms with Crippen molar-refractivity contribution in [2.24, 2.45) is 0 Å². The van der Waals surface area contributed by atoms with E-state index in [9.17, 15) is 31.5 Å². The van der Waals surface area contributed by atoms with Crippen LogP contribution in [0.3, 0.4) is 0 Å². The van der Waals surface area contributed by atoms with Crippen LogP contribution in [0.15, 0.2) is 77.7 Å². The fourth-order valence-electron chi connectivity index (χ4n) is 4.21. The Morgan fingerprint density at radius 1 is 1.03 bits per heavy atom. The quantitative estimate of drug-likeness (QED) is 0.410. The first-order chi connectivity index (χ1) is 17.8. The van der Waals surface area contributed by atoms with Crippen molar-refractivity contribution in [1.29, 1.82) is 0 Å². The highest BCUT2D eigenvalue weighted by molar-refractivity contribution is 7.89. The Labute approximate surface area is 218 Å². The molecule has 0 bridgehead atoms. The fraction of sp³-hybridized carbons (Fsp3) is 0.296. The van der Waals surface area contributed by atoms with Gasteiger partial charge in [0.15, 0.2) is 0 Å². The van der Waals surface area contributed by atoms with Crippen LogP contribution in [0.5, 0.6) is 5.75 Å².